The van der Waals surface area contributed by atoms with Crippen molar-refractivity contribution in [3.63, 3.8) is 0 Å². The summed E-state index contributed by atoms with van der Waals surface area (Å²) in [5, 5.41) is 0. The van der Waals surface area contributed by atoms with Crippen LogP contribution in [0, 0.1) is 6.92 Å². The fourth-order valence-electron chi connectivity index (χ4n) is 1.51. The van der Waals surface area contributed by atoms with Crippen LogP contribution in [0.4, 0.5) is 8.78 Å². The Hall–Kier alpha value is -0.990. The van der Waals surface area contributed by atoms with E-state index in [1.54, 1.807) is 12.3 Å². The third kappa shape index (κ3) is 2.16. The summed E-state index contributed by atoms with van der Waals surface area (Å²) in [6.07, 6.45) is 1.41. The van der Waals surface area contributed by atoms with Crippen molar-refractivity contribution >= 4 is 0 Å². The van der Waals surface area contributed by atoms with Crippen LogP contribution in [-0.2, 0) is 5.41 Å². The van der Waals surface area contributed by atoms with Gasteiger partial charge in [0.25, 0.3) is 5.92 Å². The normalized spacial score (nSPS) is 12.9. The highest BCUT2D eigenvalue weighted by molar-refractivity contribution is 5.23. The Morgan fingerprint density at radius 3 is 2.40 bits per heavy atom. The molecule has 0 aliphatic carbocycles. The van der Waals surface area contributed by atoms with Crippen molar-refractivity contribution in [2.45, 2.75) is 45.5 Å². The van der Waals surface area contributed by atoms with Crippen LogP contribution in [0.5, 0.6) is 0 Å². The number of aromatic nitrogens is 1. The van der Waals surface area contributed by atoms with Crippen LogP contribution in [0.2, 0.25) is 0 Å². The maximum Gasteiger partial charge on any atom is 0.258 e. The zero-order chi connectivity index (χ0) is 11.7. The van der Waals surface area contributed by atoms with E-state index in [9.17, 15) is 8.78 Å². The smallest absolute Gasteiger partial charge is 0.258 e. The second-order valence-electron chi connectivity index (χ2n) is 4.40. The van der Waals surface area contributed by atoms with Crippen molar-refractivity contribution in [3.05, 3.63) is 29.6 Å². The Balaban J connectivity index is 3.16. The second kappa shape index (κ2) is 3.87. The van der Waals surface area contributed by atoms with Gasteiger partial charge in [0.1, 0.15) is 0 Å². The highest BCUT2D eigenvalue weighted by atomic mass is 19.3. The molecule has 84 valence electrons. The number of rotatable bonds is 3. The van der Waals surface area contributed by atoms with Crippen molar-refractivity contribution in [2.24, 2.45) is 0 Å². The van der Waals surface area contributed by atoms with E-state index < -0.39 is 11.3 Å². The number of hydrogen-bond donors (Lipinski definition) is 0. The van der Waals surface area contributed by atoms with E-state index in [1.165, 1.54) is 20.8 Å². The van der Waals surface area contributed by atoms with Gasteiger partial charge in [-0.3, -0.25) is 4.98 Å². The number of nitrogens with zero attached hydrogens (tertiary/aromatic N) is 1. The molecule has 0 bridgehead atoms. The first-order valence-electron chi connectivity index (χ1n) is 5.12. The van der Waals surface area contributed by atoms with Crippen LogP contribution in [0.3, 0.4) is 0 Å². The summed E-state index contributed by atoms with van der Waals surface area (Å²) in [5.41, 5.74) is 0.197. The predicted molar refractivity (Wildman–Crippen MR) is 57.2 cm³/mol. The first-order chi connectivity index (χ1) is 6.81. The summed E-state index contributed by atoms with van der Waals surface area (Å²) in [5.74, 6) is -2.73. The summed E-state index contributed by atoms with van der Waals surface area (Å²) in [6, 6.07) is 3.53. The summed E-state index contributed by atoms with van der Waals surface area (Å²) in [7, 11) is 0. The van der Waals surface area contributed by atoms with Crippen LogP contribution in [0.15, 0.2) is 18.3 Å². The maximum absolute atomic E-state index is 13.7. The topological polar surface area (TPSA) is 12.9 Å². The van der Waals surface area contributed by atoms with E-state index in [4.69, 9.17) is 0 Å². The average Bonchev–Trinajstić information content (AvgIpc) is 2.17. The quantitative estimate of drug-likeness (QED) is 0.745. The lowest BCUT2D eigenvalue weighted by Gasteiger charge is -2.33. The SMILES string of the molecule is CCC(F)(F)C(C)(C)c1cc(C)ccn1. The lowest BCUT2D eigenvalue weighted by molar-refractivity contribution is -0.0698. The van der Waals surface area contributed by atoms with Gasteiger partial charge in [-0.1, -0.05) is 6.92 Å². The average molecular weight is 213 g/mol. The first kappa shape index (κ1) is 12.1. The zero-order valence-corrected chi connectivity index (χ0v) is 9.64. The number of alkyl halides is 2. The highest BCUT2D eigenvalue weighted by Crippen LogP contribution is 2.40. The molecule has 1 rings (SSSR count). The van der Waals surface area contributed by atoms with Gasteiger partial charge in [0, 0.05) is 12.6 Å². The molecule has 0 aliphatic rings. The molecule has 1 heterocycles. The third-order valence-corrected chi connectivity index (χ3v) is 2.91. The van der Waals surface area contributed by atoms with Crippen molar-refractivity contribution in [1.29, 1.82) is 0 Å². The standard InChI is InChI=1S/C12H17F2N/c1-5-12(13,14)11(3,4)10-8-9(2)6-7-15-10/h6-8H,5H2,1-4H3. The Labute approximate surface area is 89.5 Å². The molecule has 15 heavy (non-hydrogen) atoms. The van der Waals surface area contributed by atoms with Crippen molar-refractivity contribution in [3.8, 4) is 0 Å². The van der Waals surface area contributed by atoms with Crippen LogP contribution in [-0.4, -0.2) is 10.9 Å². The molecule has 0 saturated carbocycles. The Bertz CT molecular complexity index is 345. The first-order valence-corrected chi connectivity index (χ1v) is 5.12. The molecule has 0 N–H and O–H groups in total. The summed E-state index contributed by atoms with van der Waals surface area (Å²) < 4.78 is 27.4. The number of pyridine rings is 1. The molecule has 0 atom stereocenters. The highest BCUT2D eigenvalue weighted by Gasteiger charge is 2.47. The maximum atomic E-state index is 13.7. The van der Waals surface area contributed by atoms with Crippen molar-refractivity contribution < 1.29 is 8.78 Å². The molecule has 0 aliphatic heterocycles. The van der Waals surface area contributed by atoms with Crippen LogP contribution in [0.25, 0.3) is 0 Å². The van der Waals surface area contributed by atoms with Gasteiger partial charge >= 0.3 is 0 Å². The lowest BCUT2D eigenvalue weighted by Crippen LogP contribution is -2.40. The molecule has 0 radical (unpaired) electrons. The Morgan fingerprint density at radius 2 is 1.93 bits per heavy atom. The van der Waals surface area contributed by atoms with Gasteiger partial charge in [0.05, 0.1) is 11.1 Å². The zero-order valence-electron chi connectivity index (χ0n) is 9.64. The number of halogens is 2. The van der Waals surface area contributed by atoms with Crippen LogP contribution >= 0.6 is 0 Å². The third-order valence-electron chi connectivity index (χ3n) is 2.91. The molecule has 1 aromatic heterocycles. The van der Waals surface area contributed by atoms with Crippen LogP contribution in [0.1, 0.15) is 38.4 Å². The molecule has 0 unspecified atom stereocenters. The minimum atomic E-state index is -2.73. The van der Waals surface area contributed by atoms with E-state index in [2.05, 4.69) is 4.98 Å². The van der Waals surface area contributed by atoms with Gasteiger partial charge in [0.15, 0.2) is 0 Å². The molecule has 1 aromatic rings. The molecule has 1 nitrogen and oxygen atoms in total. The molecule has 3 heteroatoms. The fourth-order valence-corrected chi connectivity index (χ4v) is 1.51. The number of hydrogen-bond acceptors (Lipinski definition) is 1. The monoisotopic (exact) mass is 213 g/mol. The summed E-state index contributed by atoms with van der Waals surface area (Å²) in [4.78, 5) is 4.05. The molecular formula is C12H17F2N. The molecule has 0 aromatic carbocycles. The molecule has 0 amide bonds. The predicted octanol–water partition coefficient (Wildman–Crippen LogP) is 3.71. The van der Waals surface area contributed by atoms with Gasteiger partial charge < -0.3 is 0 Å². The largest absolute Gasteiger partial charge is 0.260 e. The van der Waals surface area contributed by atoms with Gasteiger partial charge in [-0.25, -0.2) is 8.78 Å². The van der Waals surface area contributed by atoms with Crippen molar-refractivity contribution in [2.75, 3.05) is 0 Å². The van der Waals surface area contributed by atoms with E-state index in [0.717, 1.165) is 5.56 Å². The van der Waals surface area contributed by atoms with E-state index in [-0.39, 0.29) is 6.42 Å². The van der Waals surface area contributed by atoms with Gasteiger partial charge in [-0.15, -0.1) is 0 Å². The Kier molecular flexibility index (Phi) is 3.12. The van der Waals surface area contributed by atoms with Gasteiger partial charge in [-0.05, 0) is 38.5 Å². The minimum absolute atomic E-state index is 0.171. The molecule has 0 spiro atoms. The lowest BCUT2D eigenvalue weighted by atomic mass is 9.80. The van der Waals surface area contributed by atoms with Crippen molar-refractivity contribution in [1.82, 2.24) is 4.98 Å². The molecular weight excluding hydrogens is 196 g/mol. The molecule has 0 saturated heterocycles. The Morgan fingerprint density at radius 1 is 1.33 bits per heavy atom. The molecule has 0 fully saturated rings. The van der Waals surface area contributed by atoms with E-state index in [0.29, 0.717) is 5.69 Å². The fraction of sp³-hybridized carbons (Fsp3) is 0.583. The van der Waals surface area contributed by atoms with Gasteiger partial charge in [-0.2, -0.15) is 0 Å². The van der Waals surface area contributed by atoms with E-state index in [1.807, 2.05) is 13.0 Å². The van der Waals surface area contributed by atoms with Gasteiger partial charge in [0.2, 0.25) is 0 Å². The van der Waals surface area contributed by atoms with E-state index >= 15 is 0 Å². The number of aryl methyl sites for hydroxylation is 1. The summed E-state index contributed by atoms with van der Waals surface area (Å²) in [6.45, 7) is 6.46. The summed E-state index contributed by atoms with van der Waals surface area (Å²) >= 11 is 0. The van der Waals surface area contributed by atoms with Crippen LogP contribution < -0.4 is 0 Å². The minimum Gasteiger partial charge on any atom is -0.260 e. The second-order valence-corrected chi connectivity index (χ2v) is 4.40.